The van der Waals surface area contributed by atoms with Crippen LogP contribution in [0.3, 0.4) is 0 Å². The predicted octanol–water partition coefficient (Wildman–Crippen LogP) is 3.40. The van der Waals surface area contributed by atoms with Crippen molar-refractivity contribution in [3.05, 3.63) is 29.6 Å². The van der Waals surface area contributed by atoms with E-state index in [2.05, 4.69) is 4.98 Å². The molecular weight excluding hydrogens is 268 g/mol. The Labute approximate surface area is 123 Å². The topological polar surface area (TPSA) is 72.2 Å². The van der Waals surface area contributed by atoms with Crippen LogP contribution < -0.4 is 0 Å². The average molecular weight is 288 g/mol. The van der Waals surface area contributed by atoms with Crippen molar-refractivity contribution < 1.29 is 14.7 Å². The van der Waals surface area contributed by atoms with E-state index >= 15 is 0 Å². The standard InChI is InChI=1S/C16H20N2O3/c1-5-13(16(20)21)18-14-7-6-11(10(4)19)8-12(14)17-15(18)9(2)3/h6-9,13H,5H2,1-4H3,(H,20,21). The molecule has 0 bridgehead atoms. The van der Waals surface area contributed by atoms with Crippen molar-refractivity contribution in [2.75, 3.05) is 0 Å². The molecule has 112 valence electrons. The van der Waals surface area contributed by atoms with Gasteiger partial charge in [-0.3, -0.25) is 4.79 Å². The number of nitrogens with zero attached hydrogens (tertiary/aromatic N) is 2. The molecule has 0 spiro atoms. The van der Waals surface area contributed by atoms with Gasteiger partial charge in [0, 0.05) is 11.5 Å². The second kappa shape index (κ2) is 5.68. The van der Waals surface area contributed by atoms with Gasteiger partial charge in [0.05, 0.1) is 11.0 Å². The van der Waals surface area contributed by atoms with Gasteiger partial charge in [0.15, 0.2) is 5.78 Å². The molecule has 0 aliphatic rings. The highest BCUT2D eigenvalue weighted by atomic mass is 16.4. The van der Waals surface area contributed by atoms with Crippen LogP contribution in [0.15, 0.2) is 18.2 Å². The van der Waals surface area contributed by atoms with Gasteiger partial charge in [-0.05, 0) is 31.5 Å². The lowest BCUT2D eigenvalue weighted by molar-refractivity contribution is -0.140. The fraction of sp³-hybridized carbons (Fsp3) is 0.438. The molecule has 5 heteroatoms. The number of hydrogen-bond donors (Lipinski definition) is 1. The number of fused-ring (bicyclic) bond motifs is 1. The van der Waals surface area contributed by atoms with Crippen LogP contribution in [0.1, 0.15) is 62.3 Å². The molecule has 21 heavy (non-hydrogen) atoms. The minimum absolute atomic E-state index is 0.0252. The Morgan fingerprint density at radius 1 is 1.33 bits per heavy atom. The summed E-state index contributed by atoms with van der Waals surface area (Å²) in [5.41, 5.74) is 2.02. The average Bonchev–Trinajstić information content (AvgIpc) is 2.78. The Morgan fingerprint density at radius 2 is 2.00 bits per heavy atom. The SMILES string of the molecule is CCC(C(=O)O)n1c(C(C)C)nc2cc(C(C)=O)ccc21. The first-order chi connectivity index (χ1) is 9.86. The molecule has 1 N–H and O–H groups in total. The number of carboxylic acid groups (broad SMARTS) is 1. The predicted molar refractivity (Wildman–Crippen MR) is 80.8 cm³/mol. The van der Waals surface area contributed by atoms with Crippen LogP contribution in [0.25, 0.3) is 11.0 Å². The Balaban J connectivity index is 2.74. The van der Waals surface area contributed by atoms with Gasteiger partial charge in [-0.2, -0.15) is 0 Å². The highest BCUT2D eigenvalue weighted by Gasteiger charge is 2.25. The number of carbonyl (C=O) groups excluding carboxylic acids is 1. The summed E-state index contributed by atoms with van der Waals surface area (Å²) in [6.07, 6.45) is 0.481. The van der Waals surface area contributed by atoms with E-state index in [0.717, 1.165) is 11.3 Å². The summed E-state index contributed by atoms with van der Waals surface area (Å²) in [5.74, 6) is -0.0521. The minimum Gasteiger partial charge on any atom is -0.480 e. The number of benzene rings is 1. The molecule has 2 aromatic rings. The largest absolute Gasteiger partial charge is 0.480 e. The summed E-state index contributed by atoms with van der Waals surface area (Å²) in [5, 5.41) is 9.45. The number of carbonyl (C=O) groups is 2. The molecule has 1 heterocycles. The van der Waals surface area contributed by atoms with Crippen molar-refractivity contribution in [1.29, 1.82) is 0 Å². The van der Waals surface area contributed by atoms with Gasteiger partial charge in [0.2, 0.25) is 0 Å². The van der Waals surface area contributed by atoms with Crippen molar-refractivity contribution in [2.45, 2.75) is 46.1 Å². The molecule has 2 rings (SSSR count). The first-order valence-electron chi connectivity index (χ1n) is 7.12. The number of carboxylic acids is 1. The second-order valence-corrected chi connectivity index (χ2v) is 5.52. The normalized spacial score (nSPS) is 12.8. The summed E-state index contributed by atoms with van der Waals surface area (Å²) in [7, 11) is 0. The van der Waals surface area contributed by atoms with Crippen molar-refractivity contribution in [3.8, 4) is 0 Å². The lowest BCUT2D eigenvalue weighted by atomic mass is 10.1. The van der Waals surface area contributed by atoms with Crippen molar-refractivity contribution >= 4 is 22.8 Å². The summed E-state index contributed by atoms with van der Waals surface area (Å²) >= 11 is 0. The Bertz CT molecular complexity index is 701. The molecule has 0 saturated heterocycles. The zero-order valence-electron chi connectivity index (χ0n) is 12.8. The zero-order chi connectivity index (χ0) is 15.7. The van der Waals surface area contributed by atoms with Gasteiger partial charge < -0.3 is 9.67 Å². The van der Waals surface area contributed by atoms with Crippen molar-refractivity contribution in [3.63, 3.8) is 0 Å². The van der Waals surface area contributed by atoms with Crippen molar-refractivity contribution in [2.24, 2.45) is 0 Å². The third-order valence-electron chi connectivity index (χ3n) is 3.62. The fourth-order valence-corrected chi connectivity index (χ4v) is 2.54. The molecule has 0 fully saturated rings. The van der Waals surface area contributed by atoms with Crippen LogP contribution in [0.2, 0.25) is 0 Å². The van der Waals surface area contributed by atoms with E-state index in [9.17, 15) is 14.7 Å². The van der Waals surface area contributed by atoms with Gasteiger partial charge in [0.1, 0.15) is 11.9 Å². The Kier molecular flexibility index (Phi) is 4.11. The molecule has 1 unspecified atom stereocenters. The van der Waals surface area contributed by atoms with Crippen LogP contribution in [0, 0.1) is 0 Å². The number of ketones is 1. The molecule has 0 aliphatic carbocycles. The molecule has 0 saturated carbocycles. The second-order valence-electron chi connectivity index (χ2n) is 5.52. The number of Topliss-reactive ketones (excluding diaryl/α,β-unsaturated/α-hetero) is 1. The third kappa shape index (κ3) is 2.68. The number of aromatic nitrogens is 2. The summed E-state index contributed by atoms with van der Waals surface area (Å²) in [6, 6.07) is 4.60. The van der Waals surface area contributed by atoms with Gasteiger partial charge in [0.25, 0.3) is 0 Å². The number of imidazole rings is 1. The van der Waals surface area contributed by atoms with Crippen molar-refractivity contribution in [1.82, 2.24) is 9.55 Å². The van der Waals surface area contributed by atoms with E-state index < -0.39 is 12.0 Å². The maximum atomic E-state index is 11.5. The lowest BCUT2D eigenvalue weighted by Crippen LogP contribution is -2.20. The Hall–Kier alpha value is -2.17. The van der Waals surface area contributed by atoms with Crippen LogP contribution in [-0.4, -0.2) is 26.4 Å². The molecule has 1 atom stereocenters. The number of aliphatic carboxylic acids is 1. The van der Waals surface area contributed by atoms with E-state index in [1.807, 2.05) is 20.8 Å². The van der Waals surface area contributed by atoms with E-state index in [0.29, 0.717) is 17.5 Å². The fourth-order valence-electron chi connectivity index (χ4n) is 2.54. The number of rotatable bonds is 5. The summed E-state index contributed by atoms with van der Waals surface area (Å²) in [4.78, 5) is 27.6. The molecule has 5 nitrogen and oxygen atoms in total. The van der Waals surface area contributed by atoms with Gasteiger partial charge >= 0.3 is 5.97 Å². The van der Waals surface area contributed by atoms with Crippen LogP contribution in [0.4, 0.5) is 0 Å². The molecule has 1 aromatic heterocycles. The highest BCUT2D eigenvalue weighted by molar-refractivity contribution is 5.97. The van der Waals surface area contributed by atoms with Crippen LogP contribution >= 0.6 is 0 Å². The molecular formula is C16H20N2O3. The molecule has 1 aromatic carbocycles. The van der Waals surface area contributed by atoms with Gasteiger partial charge in [-0.15, -0.1) is 0 Å². The van der Waals surface area contributed by atoms with Crippen LogP contribution in [-0.2, 0) is 4.79 Å². The quantitative estimate of drug-likeness (QED) is 0.856. The van der Waals surface area contributed by atoms with E-state index in [1.165, 1.54) is 6.92 Å². The maximum absolute atomic E-state index is 11.5. The highest BCUT2D eigenvalue weighted by Crippen LogP contribution is 2.28. The minimum atomic E-state index is -0.866. The summed E-state index contributed by atoms with van der Waals surface area (Å²) < 4.78 is 1.78. The monoisotopic (exact) mass is 288 g/mol. The smallest absolute Gasteiger partial charge is 0.326 e. The molecule has 0 radical (unpaired) electrons. The van der Waals surface area contributed by atoms with Gasteiger partial charge in [-0.1, -0.05) is 20.8 Å². The Morgan fingerprint density at radius 3 is 2.48 bits per heavy atom. The molecule has 0 aliphatic heterocycles. The summed E-state index contributed by atoms with van der Waals surface area (Å²) in [6.45, 7) is 7.32. The van der Waals surface area contributed by atoms with E-state index in [4.69, 9.17) is 0 Å². The third-order valence-corrected chi connectivity index (χ3v) is 3.62. The zero-order valence-corrected chi connectivity index (χ0v) is 12.8. The molecule has 0 amide bonds. The first kappa shape index (κ1) is 15.2. The van der Waals surface area contributed by atoms with Crippen LogP contribution in [0.5, 0.6) is 0 Å². The number of hydrogen-bond acceptors (Lipinski definition) is 3. The first-order valence-corrected chi connectivity index (χ1v) is 7.12. The van der Waals surface area contributed by atoms with E-state index in [-0.39, 0.29) is 11.7 Å². The van der Waals surface area contributed by atoms with Gasteiger partial charge in [-0.25, -0.2) is 9.78 Å². The lowest BCUT2D eigenvalue weighted by Gasteiger charge is -2.17. The van der Waals surface area contributed by atoms with E-state index in [1.54, 1.807) is 22.8 Å². The maximum Gasteiger partial charge on any atom is 0.326 e.